The van der Waals surface area contributed by atoms with Crippen molar-refractivity contribution in [3.63, 3.8) is 0 Å². The van der Waals surface area contributed by atoms with Crippen LogP contribution < -0.4 is 0 Å². The fourth-order valence-corrected chi connectivity index (χ4v) is 3.91. The Morgan fingerprint density at radius 3 is 2.96 bits per heavy atom. The van der Waals surface area contributed by atoms with E-state index in [0.29, 0.717) is 0 Å². The summed E-state index contributed by atoms with van der Waals surface area (Å²) < 4.78 is 5.91. The second-order valence-electron chi connectivity index (χ2n) is 6.62. The molecule has 2 aliphatic rings. The van der Waals surface area contributed by atoms with Gasteiger partial charge in [-0.15, -0.1) is 0 Å². The largest absolute Gasteiger partial charge is 0.454 e. The highest BCUT2D eigenvalue weighted by molar-refractivity contribution is 5.82. The van der Waals surface area contributed by atoms with Crippen LogP contribution in [0.25, 0.3) is 22.4 Å². The van der Waals surface area contributed by atoms with E-state index in [1.165, 1.54) is 18.5 Å². The summed E-state index contributed by atoms with van der Waals surface area (Å²) in [7, 11) is 0. The first-order valence-corrected chi connectivity index (χ1v) is 8.18. The highest BCUT2D eigenvalue weighted by Crippen LogP contribution is 2.38. The van der Waals surface area contributed by atoms with Crippen LogP contribution in [0, 0.1) is 0 Å². The minimum absolute atomic E-state index is 0.164. The van der Waals surface area contributed by atoms with E-state index in [0.717, 1.165) is 35.5 Å². The lowest BCUT2D eigenvalue weighted by Gasteiger charge is -2.29. The Morgan fingerprint density at radius 2 is 2.09 bits per heavy atom. The van der Waals surface area contributed by atoms with Crippen molar-refractivity contribution in [2.45, 2.75) is 11.8 Å². The van der Waals surface area contributed by atoms with Gasteiger partial charge in [-0.25, -0.2) is 0 Å². The molecule has 114 valence electrons. The molecule has 0 aliphatic carbocycles. The first-order valence-electron chi connectivity index (χ1n) is 8.18. The van der Waals surface area contributed by atoms with Crippen molar-refractivity contribution in [2.24, 2.45) is 0 Å². The topological polar surface area (TPSA) is 29.3 Å². The molecule has 5 rings (SSSR count). The van der Waals surface area contributed by atoms with Gasteiger partial charge in [0.25, 0.3) is 0 Å². The molecule has 3 heteroatoms. The molecule has 2 atom stereocenters. The lowest BCUT2D eigenvalue weighted by molar-refractivity contribution is 0.345. The van der Waals surface area contributed by atoms with Crippen LogP contribution >= 0.6 is 0 Å². The first kappa shape index (κ1) is 13.1. The van der Waals surface area contributed by atoms with Gasteiger partial charge in [-0.1, -0.05) is 36.4 Å². The Morgan fingerprint density at radius 1 is 1.13 bits per heavy atom. The average molecular weight is 302 g/mol. The number of para-hydroxylation sites is 1. The fraction of sp³-hybridized carbons (Fsp3) is 0.250. The third kappa shape index (κ3) is 2.04. The van der Waals surface area contributed by atoms with Crippen LogP contribution in [0.2, 0.25) is 0 Å². The molecule has 2 aliphatic heterocycles. The zero-order chi connectivity index (χ0) is 15.3. The number of benzene rings is 1. The maximum absolute atomic E-state index is 5.91. The van der Waals surface area contributed by atoms with Crippen molar-refractivity contribution in [3.8, 4) is 11.5 Å². The monoisotopic (exact) mass is 302 g/mol. The molecule has 0 N–H and O–H groups in total. The Kier molecular flexibility index (Phi) is 2.73. The van der Waals surface area contributed by atoms with Crippen molar-refractivity contribution in [3.05, 3.63) is 66.4 Å². The van der Waals surface area contributed by atoms with Crippen LogP contribution in [0.4, 0.5) is 0 Å². The van der Waals surface area contributed by atoms with E-state index in [1.807, 2.05) is 24.4 Å². The number of hydrogen-bond donors (Lipinski definition) is 0. The van der Waals surface area contributed by atoms with Gasteiger partial charge in [-0.3, -0.25) is 9.88 Å². The van der Waals surface area contributed by atoms with Gasteiger partial charge in [-0.05, 0) is 36.7 Å². The summed E-state index contributed by atoms with van der Waals surface area (Å²) in [4.78, 5) is 7.19. The highest BCUT2D eigenvalue weighted by Gasteiger charge is 2.39. The van der Waals surface area contributed by atoms with Gasteiger partial charge in [0, 0.05) is 30.1 Å². The second kappa shape index (κ2) is 4.80. The van der Waals surface area contributed by atoms with Gasteiger partial charge in [-0.2, -0.15) is 0 Å². The van der Waals surface area contributed by atoms with Gasteiger partial charge in [0.05, 0.1) is 0 Å². The summed E-state index contributed by atoms with van der Waals surface area (Å²) in [6.07, 6.45) is 7.90. The van der Waals surface area contributed by atoms with E-state index in [9.17, 15) is 0 Å². The summed E-state index contributed by atoms with van der Waals surface area (Å²) in [6.45, 7) is 3.39. The molecule has 0 saturated carbocycles. The molecule has 1 aromatic carbocycles. The Labute approximate surface area is 135 Å². The lowest BCUT2D eigenvalue weighted by Crippen LogP contribution is -2.33. The van der Waals surface area contributed by atoms with Crippen LogP contribution in [0.15, 0.2) is 65.2 Å². The molecule has 3 aromatic rings. The van der Waals surface area contributed by atoms with E-state index < -0.39 is 0 Å². The number of hydrogen-bond acceptors (Lipinski definition) is 3. The predicted octanol–water partition coefficient (Wildman–Crippen LogP) is 4.01. The molecular formula is C20H18N2O. The summed E-state index contributed by atoms with van der Waals surface area (Å²) in [5.74, 6) is 0.836. The SMILES string of the molecule is C1=CC2(c3ccc(-c4cc5ccccc5o4)nc3)CCN(C1)C2. The van der Waals surface area contributed by atoms with Gasteiger partial charge in [0.1, 0.15) is 11.3 Å². The standard InChI is InChI=1S/C20H18N2O/c1-2-5-18-15(4-1)12-19(23-18)17-7-6-16(13-21-17)20-8-3-10-22(14-20)11-9-20/h1-8,12-13H,9-11,14H2. The molecule has 1 saturated heterocycles. The molecule has 2 unspecified atom stereocenters. The third-order valence-corrected chi connectivity index (χ3v) is 5.20. The van der Waals surface area contributed by atoms with Crippen LogP contribution in [0.5, 0.6) is 0 Å². The molecule has 2 aromatic heterocycles. The summed E-state index contributed by atoms with van der Waals surface area (Å²) in [6, 6.07) is 14.4. The van der Waals surface area contributed by atoms with Crippen molar-refractivity contribution in [1.82, 2.24) is 9.88 Å². The van der Waals surface area contributed by atoms with Gasteiger partial charge < -0.3 is 4.42 Å². The van der Waals surface area contributed by atoms with E-state index >= 15 is 0 Å². The summed E-state index contributed by atoms with van der Waals surface area (Å²) in [5.41, 5.74) is 3.29. The van der Waals surface area contributed by atoms with Gasteiger partial charge in [0.2, 0.25) is 0 Å². The van der Waals surface area contributed by atoms with E-state index in [4.69, 9.17) is 4.42 Å². The zero-order valence-electron chi connectivity index (χ0n) is 12.9. The van der Waals surface area contributed by atoms with Crippen LogP contribution in [-0.4, -0.2) is 29.5 Å². The van der Waals surface area contributed by atoms with Crippen molar-refractivity contribution in [2.75, 3.05) is 19.6 Å². The Bertz CT molecular complexity index is 860. The maximum Gasteiger partial charge on any atom is 0.153 e. The molecule has 0 radical (unpaired) electrons. The van der Waals surface area contributed by atoms with Crippen LogP contribution in [-0.2, 0) is 5.41 Å². The van der Waals surface area contributed by atoms with Crippen LogP contribution in [0.3, 0.4) is 0 Å². The molecule has 0 amide bonds. The quantitative estimate of drug-likeness (QED) is 0.670. The van der Waals surface area contributed by atoms with E-state index in [2.05, 4.69) is 46.3 Å². The molecule has 2 bridgehead atoms. The van der Waals surface area contributed by atoms with Gasteiger partial charge >= 0.3 is 0 Å². The number of rotatable bonds is 2. The summed E-state index contributed by atoms with van der Waals surface area (Å²) in [5, 5.41) is 1.12. The third-order valence-electron chi connectivity index (χ3n) is 5.20. The molecule has 0 spiro atoms. The molecular weight excluding hydrogens is 284 g/mol. The second-order valence-corrected chi connectivity index (χ2v) is 6.62. The molecule has 1 fully saturated rings. The first-order chi connectivity index (χ1) is 11.3. The molecule has 23 heavy (non-hydrogen) atoms. The number of aromatic nitrogens is 1. The van der Waals surface area contributed by atoms with E-state index in [1.54, 1.807) is 0 Å². The normalized spacial score (nSPS) is 26.0. The number of pyridine rings is 1. The number of fused-ring (bicyclic) bond motifs is 3. The smallest absolute Gasteiger partial charge is 0.153 e. The van der Waals surface area contributed by atoms with Crippen LogP contribution in [0.1, 0.15) is 12.0 Å². The zero-order valence-corrected chi connectivity index (χ0v) is 12.9. The highest BCUT2D eigenvalue weighted by atomic mass is 16.3. The predicted molar refractivity (Wildman–Crippen MR) is 91.3 cm³/mol. The van der Waals surface area contributed by atoms with Gasteiger partial charge in [0.15, 0.2) is 5.76 Å². The molecule has 4 heterocycles. The van der Waals surface area contributed by atoms with Crippen molar-refractivity contribution in [1.29, 1.82) is 0 Å². The van der Waals surface area contributed by atoms with Crippen molar-refractivity contribution >= 4 is 11.0 Å². The minimum Gasteiger partial charge on any atom is -0.454 e. The molecule has 3 nitrogen and oxygen atoms in total. The number of furan rings is 1. The van der Waals surface area contributed by atoms with E-state index in [-0.39, 0.29) is 5.41 Å². The van der Waals surface area contributed by atoms with Crippen molar-refractivity contribution < 1.29 is 4.42 Å². The minimum atomic E-state index is 0.164. The summed E-state index contributed by atoms with van der Waals surface area (Å²) >= 11 is 0. The Balaban J connectivity index is 1.52. The Hall–Kier alpha value is -2.39. The lowest BCUT2D eigenvalue weighted by atomic mass is 9.79. The fourth-order valence-electron chi connectivity index (χ4n) is 3.91. The number of nitrogens with zero attached hydrogens (tertiary/aromatic N) is 2. The average Bonchev–Trinajstić information content (AvgIpc) is 3.16. The maximum atomic E-state index is 5.91.